The molecule has 7 heteroatoms. The Morgan fingerprint density at radius 2 is 1.55 bits per heavy atom. The van der Waals surface area contributed by atoms with Gasteiger partial charge < -0.3 is 5.32 Å². The summed E-state index contributed by atoms with van der Waals surface area (Å²) in [5.74, 6) is 0. The molecule has 4 rings (SSSR count). The number of aromatic nitrogens is 4. The van der Waals surface area contributed by atoms with Gasteiger partial charge in [0.15, 0.2) is 0 Å². The predicted octanol–water partition coefficient (Wildman–Crippen LogP) is 5.64. The molecule has 0 fully saturated rings. The smallest absolute Gasteiger partial charge is 0.137 e. The predicted molar refractivity (Wildman–Crippen MR) is 126 cm³/mol. The van der Waals surface area contributed by atoms with E-state index in [1.54, 1.807) is 4.68 Å². The van der Waals surface area contributed by atoms with Crippen LogP contribution in [0, 0.1) is 20.8 Å². The molecule has 1 N–H and O–H groups in total. The van der Waals surface area contributed by atoms with Gasteiger partial charge in [-0.2, -0.15) is 10.2 Å². The Labute approximate surface area is 192 Å². The molecule has 2 aromatic heterocycles. The Morgan fingerprint density at radius 3 is 2.29 bits per heavy atom. The molecule has 0 bridgehead atoms. The Kier molecular flexibility index (Phi) is 6.46. The molecule has 160 valence electrons. The molecular formula is C24H25Cl2N5. The van der Waals surface area contributed by atoms with E-state index in [1.807, 2.05) is 37.3 Å². The van der Waals surface area contributed by atoms with Crippen molar-refractivity contribution in [2.45, 2.75) is 40.4 Å². The SMILES string of the molecule is Cc1nn(Cc2ccccc2)c(C)c1CNCc1c(C)nn(-c2cccc(Cl)c2)c1Cl. The summed E-state index contributed by atoms with van der Waals surface area (Å²) in [5, 5.41) is 14.1. The van der Waals surface area contributed by atoms with Gasteiger partial charge in [0.25, 0.3) is 0 Å². The fourth-order valence-electron chi connectivity index (χ4n) is 3.72. The van der Waals surface area contributed by atoms with Crippen LogP contribution in [0.4, 0.5) is 0 Å². The van der Waals surface area contributed by atoms with Gasteiger partial charge in [-0.25, -0.2) is 4.68 Å². The first kappa shape index (κ1) is 21.6. The van der Waals surface area contributed by atoms with Gasteiger partial charge in [0, 0.05) is 34.9 Å². The molecule has 2 heterocycles. The van der Waals surface area contributed by atoms with Crippen molar-refractivity contribution in [2.24, 2.45) is 0 Å². The standard InChI is InChI=1S/C24H25Cl2N5/c1-16-22(18(3)30(28-16)15-19-8-5-4-6-9-19)13-27-14-23-17(2)29-31(24(23)26)21-11-7-10-20(25)12-21/h4-12,27H,13-15H2,1-3H3. The van der Waals surface area contributed by atoms with E-state index in [4.69, 9.17) is 28.3 Å². The van der Waals surface area contributed by atoms with Crippen LogP contribution in [0.1, 0.15) is 33.8 Å². The maximum absolute atomic E-state index is 6.66. The van der Waals surface area contributed by atoms with Crippen LogP contribution >= 0.6 is 23.2 Å². The van der Waals surface area contributed by atoms with E-state index in [0.717, 1.165) is 29.2 Å². The van der Waals surface area contributed by atoms with Gasteiger partial charge in [-0.15, -0.1) is 0 Å². The van der Waals surface area contributed by atoms with Crippen LogP contribution < -0.4 is 5.32 Å². The van der Waals surface area contributed by atoms with Gasteiger partial charge in [0.05, 0.1) is 23.6 Å². The maximum Gasteiger partial charge on any atom is 0.137 e. The minimum Gasteiger partial charge on any atom is -0.308 e. The van der Waals surface area contributed by atoms with Crippen LogP contribution in [0.25, 0.3) is 5.69 Å². The molecule has 0 saturated heterocycles. The van der Waals surface area contributed by atoms with Crippen molar-refractivity contribution in [1.29, 1.82) is 0 Å². The van der Waals surface area contributed by atoms with Gasteiger partial charge in [0.1, 0.15) is 5.15 Å². The monoisotopic (exact) mass is 453 g/mol. The molecule has 0 aliphatic rings. The van der Waals surface area contributed by atoms with Crippen molar-refractivity contribution in [3.05, 3.63) is 98.5 Å². The minimum absolute atomic E-state index is 0.598. The Morgan fingerprint density at radius 1 is 0.839 bits per heavy atom. The van der Waals surface area contributed by atoms with E-state index < -0.39 is 0 Å². The highest BCUT2D eigenvalue weighted by atomic mass is 35.5. The van der Waals surface area contributed by atoms with Crippen molar-refractivity contribution in [3.8, 4) is 5.69 Å². The normalized spacial score (nSPS) is 11.3. The number of benzene rings is 2. The van der Waals surface area contributed by atoms with E-state index in [1.165, 1.54) is 16.8 Å². The Balaban J connectivity index is 1.47. The van der Waals surface area contributed by atoms with Crippen LogP contribution in [0.15, 0.2) is 54.6 Å². The van der Waals surface area contributed by atoms with Gasteiger partial charge in [-0.3, -0.25) is 4.68 Å². The number of nitrogens with one attached hydrogen (secondary N) is 1. The van der Waals surface area contributed by atoms with E-state index in [0.29, 0.717) is 23.3 Å². The summed E-state index contributed by atoms with van der Waals surface area (Å²) < 4.78 is 3.80. The zero-order valence-electron chi connectivity index (χ0n) is 17.9. The summed E-state index contributed by atoms with van der Waals surface area (Å²) >= 11 is 12.8. The first-order valence-corrected chi connectivity index (χ1v) is 11.0. The number of hydrogen-bond donors (Lipinski definition) is 1. The van der Waals surface area contributed by atoms with Gasteiger partial charge in [-0.05, 0) is 44.5 Å². The Hall–Kier alpha value is -2.60. The molecule has 5 nitrogen and oxygen atoms in total. The zero-order chi connectivity index (χ0) is 22.0. The lowest BCUT2D eigenvalue weighted by Crippen LogP contribution is -2.15. The quantitative estimate of drug-likeness (QED) is 0.393. The second-order valence-corrected chi connectivity index (χ2v) is 8.44. The molecule has 0 spiro atoms. The van der Waals surface area contributed by atoms with E-state index in [2.05, 4.69) is 53.2 Å². The van der Waals surface area contributed by atoms with Gasteiger partial charge in [-0.1, -0.05) is 59.6 Å². The summed E-state index contributed by atoms with van der Waals surface area (Å²) in [6, 6.07) is 17.9. The van der Waals surface area contributed by atoms with E-state index >= 15 is 0 Å². The number of hydrogen-bond acceptors (Lipinski definition) is 3. The van der Waals surface area contributed by atoms with Gasteiger partial charge >= 0.3 is 0 Å². The van der Waals surface area contributed by atoms with Crippen molar-refractivity contribution in [2.75, 3.05) is 0 Å². The van der Waals surface area contributed by atoms with Gasteiger partial charge in [0.2, 0.25) is 0 Å². The lowest BCUT2D eigenvalue weighted by atomic mass is 10.2. The van der Waals surface area contributed by atoms with Crippen molar-refractivity contribution in [3.63, 3.8) is 0 Å². The van der Waals surface area contributed by atoms with E-state index in [9.17, 15) is 0 Å². The minimum atomic E-state index is 0.598. The molecule has 0 atom stereocenters. The van der Waals surface area contributed by atoms with Crippen molar-refractivity contribution >= 4 is 23.2 Å². The maximum atomic E-state index is 6.66. The largest absolute Gasteiger partial charge is 0.308 e. The molecule has 0 amide bonds. The Bertz CT molecular complexity index is 1190. The number of aryl methyl sites for hydroxylation is 2. The average Bonchev–Trinajstić information content (AvgIpc) is 3.18. The fourth-order valence-corrected chi connectivity index (χ4v) is 4.25. The highest BCUT2D eigenvalue weighted by Crippen LogP contribution is 2.25. The topological polar surface area (TPSA) is 47.7 Å². The second-order valence-electron chi connectivity index (χ2n) is 7.64. The van der Waals surface area contributed by atoms with Crippen LogP contribution in [-0.4, -0.2) is 19.6 Å². The summed E-state index contributed by atoms with van der Waals surface area (Å²) in [4.78, 5) is 0. The lowest BCUT2D eigenvalue weighted by Gasteiger charge is -2.08. The summed E-state index contributed by atoms with van der Waals surface area (Å²) in [6.45, 7) is 8.25. The molecule has 2 aromatic carbocycles. The second kappa shape index (κ2) is 9.27. The first-order chi connectivity index (χ1) is 14.9. The highest BCUT2D eigenvalue weighted by molar-refractivity contribution is 6.31. The molecule has 0 radical (unpaired) electrons. The van der Waals surface area contributed by atoms with Crippen molar-refractivity contribution in [1.82, 2.24) is 24.9 Å². The lowest BCUT2D eigenvalue weighted by molar-refractivity contribution is 0.652. The summed E-state index contributed by atoms with van der Waals surface area (Å²) in [5.41, 5.74) is 7.39. The number of rotatable bonds is 7. The summed E-state index contributed by atoms with van der Waals surface area (Å²) in [6.07, 6.45) is 0. The van der Waals surface area contributed by atoms with Crippen LogP contribution in [-0.2, 0) is 19.6 Å². The zero-order valence-corrected chi connectivity index (χ0v) is 19.4. The molecule has 31 heavy (non-hydrogen) atoms. The first-order valence-electron chi connectivity index (χ1n) is 10.2. The molecule has 0 saturated carbocycles. The highest BCUT2D eigenvalue weighted by Gasteiger charge is 2.16. The fraction of sp³-hybridized carbons (Fsp3) is 0.250. The molecule has 0 aliphatic carbocycles. The van der Waals surface area contributed by atoms with Crippen LogP contribution in [0.3, 0.4) is 0 Å². The molecular weight excluding hydrogens is 429 g/mol. The molecule has 4 aromatic rings. The third-order valence-electron chi connectivity index (χ3n) is 5.48. The molecule has 0 aliphatic heterocycles. The van der Waals surface area contributed by atoms with Crippen LogP contribution in [0.2, 0.25) is 10.2 Å². The third kappa shape index (κ3) is 4.69. The number of halogens is 2. The third-order valence-corrected chi connectivity index (χ3v) is 6.11. The number of nitrogens with zero attached hydrogens (tertiary/aromatic N) is 4. The van der Waals surface area contributed by atoms with Crippen LogP contribution in [0.5, 0.6) is 0 Å². The van der Waals surface area contributed by atoms with Crippen molar-refractivity contribution < 1.29 is 0 Å². The summed E-state index contributed by atoms with van der Waals surface area (Å²) in [7, 11) is 0. The molecule has 0 unspecified atom stereocenters. The van der Waals surface area contributed by atoms with E-state index in [-0.39, 0.29) is 0 Å². The average molecular weight is 454 g/mol.